The van der Waals surface area contributed by atoms with Gasteiger partial charge >= 0.3 is 6.03 Å². The Labute approximate surface area is 207 Å². The molecule has 0 aliphatic carbocycles. The average molecular weight is 513 g/mol. The minimum Gasteiger partial charge on any atom is -0.369 e. The summed E-state index contributed by atoms with van der Waals surface area (Å²) in [6, 6.07) is 9.61. The molecule has 3 aromatic heterocycles. The Morgan fingerprint density at radius 3 is 2.64 bits per heavy atom. The molecule has 2 amide bonds. The Hall–Kier alpha value is -4.10. The van der Waals surface area contributed by atoms with Crippen molar-refractivity contribution in [3.05, 3.63) is 54.6 Å². The molecule has 0 atom stereocenters. The summed E-state index contributed by atoms with van der Waals surface area (Å²) in [5, 5.41) is 8.31. The van der Waals surface area contributed by atoms with Gasteiger partial charge in [0.25, 0.3) is 0 Å². The van der Waals surface area contributed by atoms with Gasteiger partial charge in [0.1, 0.15) is 22.8 Å². The predicted octanol–water partition coefficient (Wildman–Crippen LogP) is 2.93. The highest BCUT2D eigenvalue weighted by atomic mass is 32.2. The Bertz CT molecular complexity index is 1490. The van der Waals surface area contributed by atoms with Crippen molar-refractivity contribution in [2.75, 3.05) is 36.5 Å². The summed E-state index contributed by atoms with van der Waals surface area (Å²) in [7, 11) is -3.25. The van der Waals surface area contributed by atoms with E-state index in [0.717, 1.165) is 17.4 Å². The third-order valence-electron chi connectivity index (χ3n) is 5.06. The monoisotopic (exact) mass is 512 g/mol. The summed E-state index contributed by atoms with van der Waals surface area (Å²) < 4.78 is 39.4. The third kappa shape index (κ3) is 6.12. The molecule has 11 nitrogen and oxygen atoms in total. The highest BCUT2D eigenvalue weighted by Gasteiger charge is 2.17. The van der Waals surface area contributed by atoms with E-state index in [4.69, 9.17) is 0 Å². The smallest absolute Gasteiger partial charge is 0.321 e. The number of urea groups is 1. The van der Waals surface area contributed by atoms with Crippen molar-refractivity contribution in [2.45, 2.75) is 6.92 Å². The van der Waals surface area contributed by atoms with Gasteiger partial charge in [-0.2, -0.15) is 0 Å². The lowest BCUT2D eigenvalue weighted by atomic mass is 10.0. The van der Waals surface area contributed by atoms with Crippen molar-refractivity contribution in [1.29, 1.82) is 0 Å². The van der Waals surface area contributed by atoms with E-state index in [-0.39, 0.29) is 18.2 Å². The second-order valence-electron chi connectivity index (χ2n) is 7.85. The maximum Gasteiger partial charge on any atom is 0.321 e. The summed E-state index contributed by atoms with van der Waals surface area (Å²) >= 11 is 0. The fourth-order valence-corrected chi connectivity index (χ4v) is 3.99. The number of nitrogens with zero attached hydrogens (tertiary/aromatic N) is 3. The van der Waals surface area contributed by atoms with Gasteiger partial charge in [-0.3, -0.25) is 10.3 Å². The van der Waals surface area contributed by atoms with Crippen LogP contribution in [-0.2, 0) is 10.0 Å². The number of rotatable bonds is 9. The first-order valence-electron chi connectivity index (χ1n) is 11.1. The molecule has 0 aliphatic rings. The van der Waals surface area contributed by atoms with Crippen LogP contribution in [0.1, 0.15) is 6.92 Å². The van der Waals surface area contributed by atoms with Crippen LogP contribution in [0.3, 0.4) is 0 Å². The second-order valence-corrected chi connectivity index (χ2v) is 9.68. The van der Waals surface area contributed by atoms with E-state index >= 15 is 0 Å². The van der Waals surface area contributed by atoms with E-state index in [1.807, 2.05) is 12.1 Å². The molecular formula is C23H25FN8O3S. The number of nitrogens with one attached hydrogen (secondary N) is 5. The Morgan fingerprint density at radius 1 is 1.11 bits per heavy atom. The number of H-pyrrole nitrogens is 1. The molecule has 0 bridgehead atoms. The molecular weight excluding hydrogens is 487 g/mol. The molecule has 0 saturated carbocycles. The van der Waals surface area contributed by atoms with Crippen LogP contribution in [0.4, 0.5) is 21.0 Å². The molecule has 3 heterocycles. The Morgan fingerprint density at radius 2 is 1.94 bits per heavy atom. The van der Waals surface area contributed by atoms with Crippen molar-refractivity contribution in [2.24, 2.45) is 0 Å². The van der Waals surface area contributed by atoms with Crippen LogP contribution in [0.25, 0.3) is 33.4 Å². The number of anilines is 2. The molecule has 5 N–H and O–H groups in total. The largest absolute Gasteiger partial charge is 0.369 e. The number of aromatic amines is 1. The SMILES string of the molecule is CCNC(=O)Nc1nc2c(-c3ncccc3F)cc(-c3ccc(NCCNS(C)(=O)=O)nc3)cc2[nH]1. The number of amides is 2. The highest BCUT2D eigenvalue weighted by molar-refractivity contribution is 7.88. The number of hydrogen-bond acceptors (Lipinski definition) is 7. The lowest BCUT2D eigenvalue weighted by molar-refractivity contribution is 0.252. The molecule has 4 aromatic rings. The first-order valence-corrected chi connectivity index (χ1v) is 13.0. The molecule has 0 aliphatic heterocycles. The molecule has 188 valence electrons. The molecule has 4 rings (SSSR count). The van der Waals surface area contributed by atoms with Crippen LogP contribution in [0, 0.1) is 5.82 Å². The lowest BCUT2D eigenvalue weighted by Gasteiger charge is -2.09. The quantitative estimate of drug-likeness (QED) is 0.216. The minimum atomic E-state index is -3.25. The van der Waals surface area contributed by atoms with Gasteiger partial charge in [0, 0.05) is 43.2 Å². The van der Waals surface area contributed by atoms with E-state index in [1.54, 1.807) is 25.3 Å². The van der Waals surface area contributed by atoms with Gasteiger partial charge in [0.2, 0.25) is 16.0 Å². The zero-order chi connectivity index (χ0) is 25.7. The fraction of sp³-hybridized carbons (Fsp3) is 0.217. The summed E-state index contributed by atoms with van der Waals surface area (Å²) in [5.74, 6) is 0.282. The van der Waals surface area contributed by atoms with Crippen LogP contribution in [0.5, 0.6) is 0 Å². The maximum absolute atomic E-state index is 14.7. The number of imidazole rings is 1. The zero-order valence-electron chi connectivity index (χ0n) is 19.6. The van der Waals surface area contributed by atoms with Crippen LogP contribution >= 0.6 is 0 Å². The van der Waals surface area contributed by atoms with Gasteiger partial charge < -0.3 is 15.6 Å². The van der Waals surface area contributed by atoms with E-state index in [9.17, 15) is 17.6 Å². The van der Waals surface area contributed by atoms with Crippen molar-refractivity contribution in [1.82, 2.24) is 30.0 Å². The topological polar surface area (TPSA) is 154 Å². The summed E-state index contributed by atoms with van der Waals surface area (Å²) in [6.07, 6.45) is 4.25. The highest BCUT2D eigenvalue weighted by Crippen LogP contribution is 2.34. The van der Waals surface area contributed by atoms with Gasteiger partial charge in [0.15, 0.2) is 0 Å². The van der Waals surface area contributed by atoms with E-state index in [2.05, 4.69) is 40.6 Å². The number of carbonyl (C=O) groups is 1. The van der Waals surface area contributed by atoms with Crippen molar-refractivity contribution >= 4 is 38.9 Å². The zero-order valence-corrected chi connectivity index (χ0v) is 20.4. The molecule has 0 unspecified atom stereocenters. The predicted molar refractivity (Wildman–Crippen MR) is 137 cm³/mol. The number of pyridine rings is 2. The summed E-state index contributed by atoms with van der Waals surface area (Å²) in [6.45, 7) is 2.84. The number of hydrogen-bond donors (Lipinski definition) is 5. The lowest BCUT2D eigenvalue weighted by Crippen LogP contribution is -2.28. The summed E-state index contributed by atoms with van der Waals surface area (Å²) in [4.78, 5) is 28.1. The normalized spacial score (nSPS) is 11.4. The van der Waals surface area contributed by atoms with Gasteiger partial charge in [-0.05, 0) is 48.9 Å². The summed E-state index contributed by atoms with van der Waals surface area (Å²) in [5.41, 5.74) is 3.09. The first kappa shape index (κ1) is 25.0. The third-order valence-corrected chi connectivity index (χ3v) is 5.79. The molecule has 1 aromatic carbocycles. The van der Waals surface area contributed by atoms with Crippen molar-refractivity contribution in [3.8, 4) is 22.4 Å². The van der Waals surface area contributed by atoms with E-state index in [0.29, 0.717) is 35.5 Å². The van der Waals surface area contributed by atoms with Crippen LogP contribution in [0.2, 0.25) is 0 Å². The number of halogens is 1. The number of fused-ring (bicyclic) bond motifs is 1. The van der Waals surface area contributed by atoms with Gasteiger partial charge in [-0.1, -0.05) is 0 Å². The van der Waals surface area contributed by atoms with E-state index < -0.39 is 21.9 Å². The standard InChI is InChI=1S/C23H25FN8O3S/c1-3-25-23(33)32-22-30-18-12-15(11-16(21(18)31-22)20-17(24)5-4-8-27-20)14-6-7-19(28-13-14)26-9-10-29-36(2,34)35/h4-8,11-13,29H,3,9-10H2,1-2H3,(H,26,28)(H3,25,30,31,32,33). The van der Waals surface area contributed by atoms with Crippen LogP contribution in [-0.4, -0.2) is 60.3 Å². The molecule has 0 spiro atoms. The molecule has 36 heavy (non-hydrogen) atoms. The van der Waals surface area contributed by atoms with Crippen molar-refractivity contribution < 1.29 is 17.6 Å². The number of sulfonamides is 1. The Kier molecular flexibility index (Phi) is 7.41. The minimum absolute atomic E-state index is 0.130. The van der Waals surface area contributed by atoms with Crippen LogP contribution in [0.15, 0.2) is 48.8 Å². The molecule has 0 radical (unpaired) electrons. The molecule has 0 fully saturated rings. The number of benzene rings is 1. The van der Waals surface area contributed by atoms with Gasteiger partial charge in [-0.15, -0.1) is 0 Å². The number of carbonyl (C=O) groups excluding carboxylic acids is 1. The van der Waals surface area contributed by atoms with Gasteiger partial charge in [0.05, 0.1) is 11.8 Å². The fourth-order valence-electron chi connectivity index (χ4n) is 3.52. The van der Waals surface area contributed by atoms with E-state index in [1.165, 1.54) is 18.3 Å². The number of aromatic nitrogens is 4. The maximum atomic E-state index is 14.7. The first-order chi connectivity index (χ1) is 17.2. The average Bonchev–Trinajstić information content (AvgIpc) is 3.24. The molecule has 0 saturated heterocycles. The Balaban J connectivity index is 1.66. The second kappa shape index (κ2) is 10.7. The van der Waals surface area contributed by atoms with Crippen molar-refractivity contribution in [3.63, 3.8) is 0 Å². The van der Waals surface area contributed by atoms with Crippen LogP contribution < -0.4 is 20.7 Å². The van der Waals surface area contributed by atoms with Gasteiger partial charge in [-0.25, -0.2) is 32.3 Å². The molecule has 13 heteroatoms.